The van der Waals surface area contributed by atoms with Gasteiger partial charge in [0.05, 0.1) is 6.04 Å². The van der Waals surface area contributed by atoms with Gasteiger partial charge in [0.15, 0.2) is 11.5 Å². The van der Waals surface area contributed by atoms with Crippen LogP contribution in [-0.4, -0.2) is 36.9 Å². The molecule has 1 fully saturated rings. The van der Waals surface area contributed by atoms with Gasteiger partial charge in [-0.1, -0.05) is 30.3 Å². The van der Waals surface area contributed by atoms with E-state index in [2.05, 4.69) is 4.74 Å². The minimum Gasteiger partial charge on any atom is -0.486 e. The third-order valence-electron chi connectivity index (χ3n) is 5.34. The maximum Gasteiger partial charge on any atom is 0.573 e. The molecule has 0 spiro atoms. The minimum absolute atomic E-state index is 0.0983. The second-order valence-electron chi connectivity index (χ2n) is 7.27. The van der Waals surface area contributed by atoms with Crippen LogP contribution in [0, 0.1) is 0 Å². The zero-order chi connectivity index (χ0) is 21.1. The first-order valence-corrected chi connectivity index (χ1v) is 9.94. The van der Waals surface area contributed by atoms with Gasteiger partial charge in [-0.2, -0.15) is 0 Å². The van der Waals surface area contributed by atoms with E-state index in [1.807, 2.05) is 18.2 Å². The second-order valence-corrected chi connectivity index (χ2v) is 7.27. The van der Waals surface area contributed by atoms with Crippen molar-refractivity contribution in [2.24, 2.45) is 0 Å². The van der Waals surface area contributed by atoms with Crippen molar-refractivity contribution in [2.45, 2.75) is 38.1 Å². The van der Waals surface area contributed by atoms with Crippen molar-refractivity contribution in [3.05, 3.63) is 53.6 Å². The van der Waals surface area contributed by atoms with Crippen LogP contribution in [0.1, 0.15) is 36.4 Å². The molecule has 0 aliphatic carbocycles. The number of ether oxygens (including phenoxy) is 3. The van der Waals surface area contributed by atoms with E-state index in [1.165, 1.54) is 12.1 Å². The van der Waals surface area contributed by atoms with Gasteiger partial charge >= 0.3 is 6.36 Å². The van der Waals surface area contributed by atoms with Crippen molar-refractivity contribution in [3.63, 3.8) is 0 Å². The Bertz CT molecular complexity index is 915. The first-order chi connectivity index (χ1) is 14.4. The zero-order valence-corrected chi connectivity index (χ0v) is 16.3. The maximum atomic E-state index is 13.0. The minimum atomic E-state index is -4.77. The molecule has 2 aliphatic rings. The molecule has 30 heavy (non-hydrogen) atoms. The van der Waals surface area contributed by atoms with Gasteiger partial charge in [-0.15, -0.1) is 13.2 Å². The molecule has 4 rings (SSSR count). The van der Waals surface area contributed by atoms with E-state index in [4.69, 9.17) is 9.47 Å². The summed E-state index contributed by atoms with van der Waals surface area (Å²) in [5.41, 5.74) is 1.27. The smallest absolute Gasteiger partial charge is 0.486 e. The van der Waals surface area contributed by atoms with Crippen molar-refractivity contribution in [1.29, 1.82) is 0 Å². The molecule has 2 aliphatic heterocycles. The summed E-state index contributed by atoms with van der Waals surface area (Å²) in [6.45, 7) is 1.55. The summed E-state index contributed by atoms with van der Waals surface area (Å²) in [5, 5.41) is 0. The average molecular weight is 421 g/mol. The quantitative estimate of drug-likeness (QED) is 0.705. The molecule has 1 atom stereocenters. The van der Waals surface area contributed by atoms with Gasteiger partial charge in [0.1, 0.15) is 19.0 Å². The summed E-state index contributed by atoms with van der Waals surface area (Å²) < 4.78 is 53.4. The fourth-order valence-electron chi connectivity index (χ4n) is 4.07. The number of para-hydroxylation sites is 2. The predicted octanol–water partition coefficient (Wildman–Crippen LogP) is 4.65. The number of likely N-dealkylation sites (tertiary alicyclic amines) is 1. The fourth-order valence-corrected chi connectivity index (χ4v) is 4.07. The fraction of sp³-hybridized carbons (Fsp3) is 0.409. The van der Waals surface area contributed by atoms with Gasteiger partial charge in [0.25, 0.3) is 0 Å². The van der Waals surface area contributed by atoms with E-state index >= 15 is 0 Å². The number of nitrogens with zero attached hydrogens (tertiary/aromatic N) is 1. The molecular weight excluding hydrogens is 399 g/mol. The number of benzene rings is 2. The highest BCUT2D eigenvalue weighted by Gasteiger charge is 2.34. The lowest BCUT2D eigenvalue weighted by Crippen LogP contribution is -2.31. The number of amides is 1. The Labute approximate surface area is 172 Å². The third kappa shape index (κ3) is 4.47. The van der Waals surface area contributed by atoms with Crippen LogP contribution in [0.3, 0.4) is 0 Å². The van der Waals surface area contributed by atoms with Crippen LogP contribution in [0.15, 0.2) is 42.5 Å². The van der Waals surface area contributed by atoms with Gasteiger partial charge in [-0.05, 0) is 37.0 Å². The predicted molar refractivity (Wildman–Crippen MR) is 103 cm³/mol. The van der Waals surface area contributed by atoms with Crippen LogP contribution in [0.5, 0.6) is 17.2 Å². The van der Waals surface area contributed by atoms with Crippen molar-refractivity contribution >= 4 is 5.91 Å². The Hall–Kier alpha value is -2.90. The van der Waals surface area contributed by atoms with E-state index in [1.54, 1.807) is 17.0 Å². The van der Waals surface area contributed by atoms with Gasteiger partial charge in [-0.3, -0.25) is 4.79 Å². The number of alkyl halides is 3. The van der Waals surface area contributed by atoms with E-state index < -0.39 is 6.36 Å². The van der Waals surface area contributed by atoms with Gasteiger partial charge in [0, 0.05) is 18.5 Å². The standard InChI is InChI=1S/C22H22F3NO4/c23-22(24,25)30-18-8-2-1-5-15(18)10-11-20(27)26-12-4-7-17(26)16-6-3-9-19-21(16)29-14-13-28-19/h1-3,5-6,8-9,17H,4,7,10-14H2. The average Bonchev–Trinajstić information content (AvgIpc) is 3.21. The highest BCUT2D eigenvalue weighted by atomic mass is 19.4. The normalized spacial score (nSPS) is 18.4. The molecule has 2 heterocycles. The van der Waals surface area contributed by atoms with Crippen molar-refractivity contribution < 1.29 is 32.2 Å². The molecule has 2 aromatic rings. The van der Waals surface area contributed by atoms with Gasteiger partial charge in [0.2, 0.25) is 5.91 Å². The lowest BCUT2D eigenvalue weighted by molar-refractivity contribution is -0.274. The first-order valence-electron chi connectivity index (χ1n) is 9.94. The number of aryl methyl sites for hydroxylation is 1. The highest BCUT2D eigenvalue weighted by molar-refractivity contribution is 5.77. The molecule has 5 nitrogen and oxygen atoms in total. The number of halogens is 3. The maximum absolute atomic E-state index is 13.0. The second kappa shape index (κ2) is 8.45. The molecule has 2 aromatic carbocycles. The molecule has 0 bridgehead atoms. The lowest BCUT2D eigenvalue weighted by Gasteiger charge is -2.29. The Balaban J connectivity index is 1.47. The number of hydrogen-bond donors (Lipinski definition) is 0. The molecule has 1 unspecified atom stereocenters. The molecule has 0 N–H and O–H groups in total. The molecule has 0 radical (unpaired) electrons. The van der Waals surface area contributed by atoms with Crippen LogP contribution in [-0.2, 0) is 11.2 Å². The summed E-state index contributed by atoms with van der Waals surface area (Å²) in [6, 6.07) is 11.5. The van der Waals surface area contributed by atoms with Crippen LogP contribution in [0.2, 0.25) is 0 Å². The summed E-state index contributed by atoms with van der Waals surface area (Å²) in [5.74, 6) is 0.987. The van der Waals surface area contributed by atoms with Crippen molar-refractivity contribution in [1.82, 2.24) is 4.90 Å². The molecular formula is C22H22F3NO4. The Morgan fingerprint density at radius 2 is 1.90 bits per heavy atom. The molecule has 1 amide bonds. The summed E-state index contributed by atoms with van der Waals surface area (Å²) in [7, 11) is 0. The van der Waals surface area contributed by atoms with Crippen molar-refractivity contribution in [2.75, 3.05) is 19.8 Å². The van der Waals surface area contributed by atoms with E-state index in [0.717, 1.165) is 18.4 Å². The zero-order valence-electron chi connectivity index (χ0n) is 16.3. The van der Waals surface area contributed by atoms with Gasteiger partial charge < -0.3 is 19.1 Å². The molecule has 8 heteroatoms. The first kappa shape index (κ1) is 20.4. The van der Waals surface area contributed by atoms with Gasteiger partial charge in [-0.25, -0.2) is 0 Å². The molecule has 0 saturated carbocycles. The van der Waals surface area contributed by atoms with Crippen LogP contribution in [0.25, 0.3) is 0 Å². The van der Waals surface area contributed by atoms with E-state index in [-0.39, 0.29) is 30.5 Å². The third-order valence-corrected chi connectivity index (χ3v) is 5.34. The number of fused-ring (bicyclic) bond motifs is 1. The molecule has 160 valence electrons. The lowest BCUT2D eigenvalue weighted by atomic mass is 10.0. The summed E-state index contributed by atoms with van der Waals surface area (Å²) >= 11 is 0. The van der Waals surface area contributed by atoms with E-state index in [9.17, 15) is 18.0 Å². The summed E-state index contributed by atoms with van der Waals surface area (Å²) in [4.78, 5) is 14.8. The van der Waals surface area contributed by atoms with Crippen LogP contribution >= 0.6 is 0 Å². The number of rotatable bonds is 5. The highest BCUT2D eigenvalue weighted by Crippen LogP contribution is 2.43. The van der Waals surface area contributed by atoms with Crippen molar-refractivity contribution in [3.8, 4) is 17.2 Å². The SMILES string of the molecule is O=C(CCc1ccccc1OC(F)(F)F)N1CCCC1c1cccc2c1OCCO2. The summed E-state index contributed by atoms with van der Waals surface area (Å²) in [6.07, 6.45) is -2.84. The molecule has 1 saturated heterocycles. The Morgan fingerprint density at radius 3 is 2.73 bits per heavy atom. The monoisotopic (exact) mass is 421 g/mol. The topological polar surface area (TPSA) is 48.0 Å². The molecule has 0 aromatic heterocycles. The number of carbonyl (C=O) groups excluding carboxylic acids is 1. The number of hydrogen-bond acceptors (Lipinski definition) is 4. The largest absolute Gasteiger partial charge is 0.573 e. The van der Waals surface area contributed by atoms with Crippen LogP contribution < -0.4 is 14.2 Å². The number of carbonyl (C=O) groups is 1. The Morgan fingerprint density at radius 1 is 1.10 bits per heavy atom. The van der Waals surface area contributed by atoms with Crippen LogP contribution in [0.4, 0.5) is 13.2 Å². The van der Waals surface area contributed by atoms with E-state index in [0.29, 0.717) is 36.8 Å². The Kier molecular flexibility index (Phi) is 5.74.